The molecule has 5 heteroatoms. The molecule has 1 aliphatic carbocycles. The highest BCUT2D eigenvalue weighted by molar-refractivity contribution is 6.05. The predicted molar refractivity (Wildman–Crippen MR) is 64.3 cm³/mol. The summed E-state index contributed by atoms with van der Waals surface area (Å²) in [5, 5.41) is 6.77. The summed E-state index contributed by atoms with van der Waals surface area (Å²) in [5.41, 5.74) is 1.85. The monoisotopic (exact) mass is 247 g/mol. The number of imide groups is 1. The number of likely N-dealkylation sites (tertiary alicyclic amines) is 1. The van der Waals surface area contributed by atoms with Gasteiger partial charge in [0.2, 0.25) is 11.8 Å². The lowest BCUT2D eigenvalue weighted by Gasteiger charge is -2.19. The Balaban J connectivity index is 1.82. The van der Waals surface area contributed by atoms with E-state index >= 15 is 0 Å². The highest BCUT2D eigenvalue weighted by atomic mass is 16.2. The number of carbonyl (C=O) groups is 2. The molecular formula is C13H17N3O2. The number of rotatable bonds is 2. The van der Waals surface area contributed by atoms with Gasteiger partial charge in [0.1, 0.15) is 0 Å². The Bertz CT molecular complexity index is 470. The normalized spacial score (nSPS) is 27.7. The second-order valence-corrected chi connectivity index (χ2v) is 5.28. The number of hydrogen-bond donors (Lipinski definition) is 1. The minimum Gasteiger partial charge on any atom is -0.283 e. The van der Waals surface area contributed by atoms with Crippen LogP contribution in [0.4, 0.5) is 0 Å². The fourth-order valence-corrected chi connectivity index (χ4v) is 3.09. The van der Waals surface area contributed by atoms with Crippen molar-refractivity contribution in [3.63, 3.8) is 0 Å². The Kier molecular flexibility index (Phi) is 2.69. The van der Waals surface area contributed by atoms with Crippen molar-refractivity contribution in [2.45, 2.75) is 39.2 Å². The molecule has 0 bridgehead atoms. The smallest absolute Gasteiger partial charge is 0.233 e. The molecule has 1 aromatic rings. The number of nitrogens with zero attached hydrogens (tertiary/aromatic N) is 2. The number of aromatic nitrogens is 2. The maximum atomic E-state index is 12.3. The fraction of sp³-hybridized carbons (Fsp3) is 0.615. The number of carbonyl (C=O) groups excluding carboxylic acids is 2. The number of H-pyrrole nitrogens is 1. The van der Waals surface area contributed by atoms with E-state index in [0.29, 0.717) is 6.54 Å². The lowest BCUT2D eigenvalue weighted by atomic mass is 9.81. The number of hydrogen-bond acceptors (Lipinski definition) is 3. The number of aromatic amines is 1. The van der Waals surface area contributed by atoms with Crippen molar-refractivity contribution < 1.29 is 9.59 Å². The van der Waals surface area contributed by atoms with Gasteiger partial charge in [-0.2, -0.15) is 5.10 Å². The van der Waals surface area contributed by atoms with Crippen LogP contribution in [0, 0.1) is 18.8 Å². The summed E-state index contributed by atoms with van der Waals surface area (Å²) in [4.78, 5) is 26.0. The van der Waals surface area contributed by atoms with E-state index in [2.05, 4.69) is 10.2 Å². The molecule has 1 saturated carbocycles. The molecule has 96 valence electrons. The molecule has 0 radical (unpaired) electrons. The quantitative estimate of drug-likeness (QED) is 0.803. The van der Waals surface area contributed by atoms with Crippen LogP contribution in [0.15, 0.2) is 6.20 Å². The largest absolute Gasteiger partial charge is 0.283 e. The maximum Gasteiger partial charge on any atom is 0.233 e. The van der Waals surface area contributed by atoms with Crippen molar-refractivity contribution in [3.8, 4) is 0 Å². The Morgan fingerprint density at radius 2 is 1.89 bits per heavy atom. The van der Waals surface area contributed by atoms with Gasteiger partial charge in [0, 0.05) is 11.3 Å². The predicted octanol–water partition coefficient (Wildman–Crippen LogP) is 1.39. The zero-order chi connectivity index (χ0) is 12.7. The van der Waals surface area contributed by atoms with E-state index in [4.69, 9.17) is 0 Å². The highest BCUT2D eigenvalue weighted by Crippen LogP contribution is 2.38. The molecule has 2 unspecified atom stereocenters. The summed E-state index contributed by atoms with van der Waals surface area (Å²) in [5.74, 6) is -0.0764. The third-order valence-corrected chi connectivity index (χ3v) is 4.20. The van der Waals surface area contributed by atoms with Gasteiger partial charge < -0.3 is 0 Å². The minimum atomic E-state index is -0.0570. The van der Waals surface area contributed by atoms with Crippen molar-refractivity contribution in [3.05, 3.63) is 17.5 Å². The first kappa shape index (κ1) is 11.4. The summed E-state index contributed by atoms with van der Waals surface area (Å²) >= 11 is 0. The second-order valence-electron chi connectivity index (χ2n) is 5.28. The molecule has 0 spiro atoms. The van der Waals surface area contributed by atoms with E-state index < -0.39 is 0 Å². The van der Waals surface area contributed by atoms with E-state index in [0.717, 1.165) is 36.9 Å². The summed E-state index contributed by atoms with van der Waals surface area (Å²) in [7, 11) is 0. The molecule has 3 rings (SSSR count). The molecule has 1 aromatic heterocycles. The number of aryl methyl sites for hydroxylation is 1. The highest BCUT2D eigenvalue weighted by Gasteiger charge is 2.47. The summed E-state index contributed by atoms with van der Waals surface area (Å²) < 4.78 is 0. The van der Waals surface area contributed by atoms with Crippen LogP contribution >= 0.6 is 0 Å². The molecule has 2 fully saturated rings. The van der Waals surface area contributed by atoms with Crippen LogP contribution in [0.1, 0.15) is 36.9 Å². The van der Waals surface area contributed by atoms with Crippen LogP contribution in [-0.2, 0) is 16.1 Å². The van der Waals surface area contributed by atoms with E-state index in [1.807, 2.05) is 6.92 Å². The number of nitrogens with one attached hydrogen (secondary N) is 1. The first-order valence-corrected chi connectivity index (χ1v) is 6.52. The molecule has 2 heterocycles. The van der Waals surface area contributed by atoms with Crippen molar-refractivity contribution in [2.75, 3.05) is 0 Å². The van der Waals surface area contributed by atoms with Gasteiger partial charge >= 0.3 is 0 Å². The van der Waals surface area contributed by atoms with E-state index in [-0.39, 0.29) is 23.7 Å². The molecule has 1 aliphatic heterocycles. The average Bonchev–Trinajstić information content (AvgIpc) is 2.89. The van der Waals surface area contributed by atoms with Crippen LogP contribution in [0.5, 0.6) is 0 Å². The number of amides is 2. The zero-order valence-electron chi connectivity index (χ0n) is 10.5. The van der Waals surface area contributed by atoms with Gasteiger partial charge in [0.25, 0.3) is 0 Å². The molecular weight excluding hydrogens is 230 g/mol. The van der Waals surface area contributed by atoms with Crippen LogP contribution in [0.25, 0.3) is 0 Å². The van der Waals surface area contributed by atoms with E-state index in [9.17, 15) is 9.59 Å². The Hall–Kier alpha value is -1.65. The molecule has 18 heavy (non-hydrogen) atoms. The Labute approximate surface area is 106 Å². The van der Waals surface area contributed by atoms with Crippen molar-refractivity contribution in [1.82, 2.24) is 15.1 Å². The lowest BCUT2D eigenvalue weighted by molar-refractivity contribution is -0.140. The molecule has 1 saturated heterocycles. The molecule has 2 amide bonds. The van der Waals surface area contributed by atoms with Gasteiger partial charge in [-0.05, 0) is 19.8 Å². The minimum absolute atomic E-state index is 0.0188. The second kappa shape index (κ2) is 4.23. The maximum absolute atomic E-state index is 12.3. The van der Waals surface area contributed by atoms with Crippen molar-refractivity contribution >= 4 is 11.8 Å². The van der Waals surface area contributed by atoms with Crippen LogP contribution < -0.4 is 0 Å². The third kappa shape index (κ3) is 1.65. The standard InChI is InChI=1S/C13H17N3O2/c1-8-9(6-14-15-8)7-16-12(17)10-4-2-3-5-11(10)13(16)18/h6,10-11H,2-5,7H2,1H3,(H,14,15). The summed E-state index contributed by atoms with van der Waals surface area (Å²) in [6.07, 6.45) is 5.57. The van der Waals surface area contributed by atoms with Crippen LogP contribution in [-0.4, -0.2) is 26.9 Å². The summed E-state index contributed by atoms with van der Waals surface area (Å²) in [6, 6.07) is 0. The lowest BCUT2D eigenvalue weighted by Crippen LogP contribution is -2.30. The topological polar surface area (TPSA) is 66.1 Å². The fourth-order valence-electron chi connectivity index (χ4n) is 3.09. The Morgan fingerprint density at radius 1 is 1.28 bits per heavy atom. The molecule has 0 aromatic carbocycles. The molecule has 1 N–H and O–H groups in total. The zero-order valence-corrected chi connectivity index (χ0v) is 10.5. The van der Waals surface area contributed by atoms with Gasteiger partial charge in [0.05, 0.1) is 24.6 Å². The SMILES string of the molecule is Cc1[nH]ncc1CN1C(=O)C2CCCCC2C1=O. The third-order valence-electron chi connectivity index (χ3n) is 4.20. The van der Waals surface area contributed by atoms with Gasteiger partial charge in [-0.1, -0.05) is 12.8 Å². The molecule has 2 atom stereocenters. The van der Waals surface area contributed by atoms with E-state index in [1.165, 1.54) is 4.90 Å². The first-order chi connectivity index (χ1) is 8.68. The number of fused-ring (bicyclic) bond motifs is 1. The van der Waals surface area contributed by atoms with Gasteiger partial charge in [-0.15, -0.1) is 0 Å². The Morgan fingerprint density at radius 3 is 2.39 bits per heavy atom. The van der Waals surface area contributed by atoms with Gasteiger partial charge in [0.15, 0.2) is 0 Å². The first-order valence-electron chi connectivity index (χ1n) is 6.52. The van der Waals surface area contributed by atoms with Crippen LogP contribution in [0.2, 0.25) is 0 Å². The molecule has 5 nitrogen and oxygen atoms in total. The van der Waals surface area contributed by atoms with Crippen molar-refractivity contribution in [2.24, 2.45) is 11.8 Å². The average molecular weight is 247 g/mol. The summed E-state index contributed by atoms with van der Waals surface area (Å²) in [6.45, 7) is 2.27. The van der Waals surface area contributed by atoms with E-state index in [1.54, 1.807) is 6.20 Å². The molecule has 2 aliphatic rings. The van der Waals surface area contributed by atoms with Gasteiger partial charge in [-0.3, -0.25) is 19.6 Å². The van der Waals surface area contributed by atoms with Crippen molar-refractivity contribution in [1.29, 1.82) is 0 Å². The van der Waals surface area contributed by atoms with Gasteiger partial charge in [-0.25, -0.2) is 0 Å². The van der Waals surface area contributed by atoms with Crippen LogP contribution in [0.3, 0.4) is 0 Å².